The van der Waals surface area contributed by atoms with Crippen molar-refractivity contribution >= 4 is 17.3 Å². The molecule has 0 bridgehead atoms. The van der Waals surface area contributed by atoms with E-state index >= 15 is 0 Å². The van der Waals surface area contributed by atoms with Crippen LogP contribution in [0.5, 0.6) is 0 Å². The fourth-order valence-electron chi connectivity index (χ4n) is 2.36. The van der Waals surface area contributed by atoms with Crippen molar-refractivity contribution in [3.63, 3.8) is 0 Å². The molecule has 3 nitrogen and oxygen atoms in total. The number of carbonyl (C=O) groups is 1. The minimum Gasteiger partial charge on any atom is -0.461 e. The van der Waals surface area contributed by atoms with E-state index in [-0.39, 0.29) is 5.97 Å². The first-order chi connectivity index (χ1) is 10.3. The van der Waals surface area contributed by atoms with E-state index < -0.39 is 0 Å². The number of benzene rings is 1. The Morgan fingerprint density at radius 1 is 1.29 bits per heavy atom. The molecule has 0 N–H and O–H groups in total. The number of thiazole rings is 1. The Hall–Kier alpha value is -1.94. The molecule has 1 heterocycles. The standard InChI is InChI=1S/C17H17NO2S/c19-17(20-12-13-7-3-1-4-8-13)15-11-18-16(21-15)14-9-5-2-6-10-14/h1-3,5-6,9-11,13H,4,7-8,12H2. The summed E-state index contributed by atoms with van der Waals surface area (Å²) < 4.78 is 5.41. The Morgan fingerprint density at radius 2 is 2.14 bits per heavy atom. The van der Waals surface area contributed by atoms with Gasteiger partial charge in [0.15, 0.2) is 0 Å². The smallest absolute Gasteiger partial charge is 0.349 e. The van der Waals surface area contributed by atoms with E-state index in [0.29, 0.717) is 17.4 Å². The molecule has 0 amide bonds. The van der Waals surface area contributed by atoms with Crippen LogP contribution in [0.3, 0.4) is 0 Å². The first kappa shape index (κ1) is 14.0. The molecule has 1 aromatic heterocycles. The molecule has 1 atom stereocenters. The third-order valence-electron chi connectivity index (χ3n) is 3.56. The van der Waals surface area contributed by atoms with Gasteiger partial charge in [0, 0.05) is 5.56 Å². The van der Waals surface area contributed by atoms with Crippen LogP contribution in [0.1, 0.15) is 28.9 Å². The van der Waals surface area contributed by atoms with Gasteiger partial charge >= 0.3 is 5.97 Å². The number of carbonyl (C=O) groups excluding carboxylic acids is 1. The van der Waals surface area contributed by atoms with Gasteiger partial charge in [-0.3, -0.25) is 0 Å². The van der Waals surface area contributed by atoms with E-state index in [1.165, 1.54) is 11.3 Å². The molecule has 1 aliphatic rings. The summed E-state index contributed by atoms with van der Waals surface area (Å²) in [5.74, 6) is 0.199. The number of esters is 1. The summed E-state index contributed by atoms with van der Waals surface area (Å²) in [6.45, 7) is 0.502. The molecule has 1 aromatic carbocycles. The fraction of sp³-hybridized carbons (Fsp3) is 0.294. The quantitative estimate of drug-likeness (QED) is 0.623. The van der Waals surface area contributed by atoms with Gasteiger partial charge in [-0.2, -0.15) is 0 Å². The average molecular weight is 299 g/mol. The van der Waals surface area contributed by atoms with Crippen LogP contribution in [0.15, 0.2) is 48.7 Å². The zero-order chi connectivity index (χ0) is 14.5. The Bertz CT molecular complexity index is 633. The second-order valence-corrected chi connectivity index (χ2v) is 6.18. The van der Waals surface area contributed by atoms with Crippen molar-refractivity contribution in [1.82, 2.24) is 4.98 Å². The molecule has 1 aliphatic carbocycles. The summed E-state index contributed by atoms with van der Waals surface area (Å²) in [6.07, 6.45) is 9.15. The highest BCUT2D eigenvalue weighted by Crippen LogP contribution is 2.26. The Labute approximate surface area is 128 Å². The van der Waals surface area contributed by atoms with Crippen LogP contribution in [0, 0.1) is 5.92 Å². The van der Waals surface area contributed by atoms with Crippen molar-refractivity contribution in [2.24, 2.45) is 5.92 Å². The molecular weight excluding hydrogens is 282 g/mol. The molecule has 21 heavy (non-hydrogen) atoms. The lowest BCUT2D eigenvalue weighted by molar-refractivity contribution is 0.0437. The van der Waals surface area contributed by atoms with Crippen LogP contribution in [-0.4, -0.2) is 17.6 Å². The Balaban J connectivity index is 1.60. The van der Waals surface area contributed by atoms with Crippen LogP contribution in [0.2, 0.25) is 0 Å². The number of hydrogen-bond donors (Lipinski definition) is 0. The molecule has 2 aromatic rings. The van der Waals surface area contributed by atoms with Gasteiger partial charge in [0.25, 0.3) is 0 Å². The van der Waals surface area contributed by atoms with Crippen LogP contribution in [0.25, 0.3) is 10.6 Å². The fourth-order valence-corrected chi connectivity index (χ4v) is 3.17. The summed E-state index contributed by atoms with van der Waals surface area (Å²) in [7, 11) is 0. The predicted octanol–water partition coefficient (Wildman–Crippen LogP) is 4.32. The maximum absolute atomic E-state index is 12.1. The van der Waals surface area contributed by atoms with Gasteiger partial charge < -0.3 is 4.74 Å². The lowest BCUT2D eigenvalue weighted by Crippen LogP contribution is -2.14. The molecule has 1 unspecified atom stereocenters. The van der Waals surface area contributed by atoms with E-state index in [1.54, 1.807) is 6.20 Å². The molecule has 0 saturated heterocycles. The summed E-state index contributed by atoms with van der Waals surface area (Å²) in [5, 5.41) is 0.850. The van der Waals surface area contributed by atoms with Crippen molar-refractivity contribution in [2.75, 3.05) is 6.61 Å². The highest BCUT2D eigenvalue weighted by Gasteiger charge is 2.16. The van der Waals surface area contributed by atoms with E-state index in [9.17, 15) is 4.79 Å². The van der Waals surface area contributed by atoms with Gasteiger partial charge in [0.05, 0.1) is 12.8 Å². The topological polar surface area (TPSA) is 39.2 Å². The van der Waals surface area contributed by atoms with Crippen LogP contribution in [-0.2, 0) is 4.74 Å². The van der Waals surface area contributed by atoms with Crippen LogP contribution < -0.4 is 0 Å². The molecular formula is C17H17NO2S. The summed E-state index contributed by atoms with van der Waals surface area (Å²) in [5.41, 5.74) is 1.03. The van der Waals surface area contributed by atoms with Gasteiger partial charge in [-0.1, -0.05) is 42.5 Å². The first-order valence-electron chi connectivity index (χ1n) is 7.16. The molecule has 0 spiro atoms. The maximum Gasteiger partial charge on any atom is 0.349 e. The van der Waals surface area contributed by atoms with Gasteiger partial charge in [-0.05, 0) is 25.2 Å². The molecule has 3 rings (SSSR count). The zero-order valence-corrected chi connectivity index (χ0v) is 12.5. The highest BCUT2D eigenvalue weighted by atomic mass is 32.1. The SMILES string of the molecule is O=C(OCC1CC=CCC1)c1cnc(-c2ccccc2)s1. The number of ether oxygens (including phenoxy) is 1. The second-order valence-electron chi connectivity index (χ2n) is 5.14. The lowest BCUT2D eigenvalue weighted by Gasteiger charge is -2.16. The minimum atomic E-state index is -0.260. The molecule has 0 fully saturated rings. The third kappa shape index (κ3) is 3.58. The normalized spacial score (nSPS) is 17.6. The summed E-state index contributed by atoms with van der Waals surface area (Å²) in [4.78, 5) is 16.9. The maximum atomic E-state index is 12.1. The monoisotopic (exact) mass is 299 g/mol. The number of hydrogen-bond acceptors (Lipinski definition) is 4. The zero-order valence-electron chi connectivity index (χ0n) is 11.7. The highest BCUT2D eigenvalue weighted by molar-refractivity contribution is 7.16. The van der Waals surface area contributed by atoms with Gasteiger partial charge in [0.1, 0.15) is 9.88 Å². The molecule has 108 valence electrons. The van der Waals surface area contributed by atoms with Gasteiger partial charge in [-0.25, -0.2) is 9.78 Å². The van der Waals surface area contributed by atoms with Crippen molar-refractivity contribution < 1.29 is 9.53 Å². The van der Waals surface area contributed by atoms with Crippen LogP contribution in [0.4, 0.5) is 0 Å². The van der Waals surface area contributed by atoms with Crippen molar-refractivity contribution in [3.05, 3.63) is 53.6 Å². The van der Waals surface area contributed by atoms with Crippen molar-refractivity contribution in [3.8, 4) is 10.6 Å². The van der Waals surface area contributed by atoms with E-state index in [1.807, 2.05) is 30.3 Å². The molecule has 0 saturated carbocycles. The summed E-state index contributed by atoms with van der Waals surface area (Å²) in [6, 6.07) is 9.87. The lowest BCUT2D eigenvalue weighted by atomic mass is 9.95. The Kier molecular flexibility index (Phi) is 4.46. The van der Waals surface area contributed by atoms with Crippen molar-refractivity contribution in [1.29, 1.82) is 0 Å². The average Bonchev–Trinajstić information content (AvgIpc) is 3.04. The number of aromatic nitrogens is 1. The minimum absolute atomic E-state index is 0.260. The molecule has 0 aliphatic heterocycles. The van der Waals surface area contributed by atoms with Crippen LogP contribution >= 0.6 is 11.3 Å². The van der Waals surface area contributed by atoms with Gasteiger partial charge in [0.2, 0.25) is 0 Å². The third-order valence-corrected chi connectivity index (χ3v) is 4.58. The molecule has 0 radical (unpaired) electrons. The van der Waals surface area contributed by atoms with E-state index in [4.69, 9.17) is 4.74 Å². The van der Waals surface area contributed by atoms with Crippen molar-refractivity contribution in [2.45, 2.75) is 19.3 Å². The van der Waals surface area contributed by atoms with Gasteiger partial charge in [-0.15, -0.1) is 11.3 Å². The van der Waals surface area contributed by atoms with E-state index in [2.05, 4.69) is 17.1 Å². The number of allylic oxidation sites excluding steroid dienone is 2. The molecule has 4 heteroatoms. The Morgan fingerprint density at radius 3 is 2.90 bits per heavy atom. The van der Waals surface area contributed by atoms with E-state index in [0.717, 1.165) is 29.8 Å². The largest absolute Gasteiger partial charge is 0.461 e. The summed E-state index contributed by atoms with van der Waals surface area (Å²) >= 11 is 1.38. The predicted molar refractivity (Wildman–Crippen MR) is 84.3 cm³/mol. The number of rotatable bonds is 4. The number of nitrogens with zero attached hydrogens (tertiary/aromatic N) is 1. The first-order valence-corrected chi connectivity index (χ1v) is 7.98. The second kappa shape index (κ2) is 6.68.